The van der Waals surface area contributed by atoms with E-state index < -0.39 is 0 Å². The fourth-order valence-electron chi connectivity index (χ4n) is 2.14. The molecule has 0 aromatic heterocycles. The summed E-state index contributed by atoms with van der Waals surface area (Å²) in [5.41, 5.74) is 8.21. The summed E-state index contributed by atoms with van der Waals surface area (Å²) in [7, 11) is 0. The molecule has 20 heavy (non-hydrogen) atoms. The van der Waals surface area contributed by atoms with Gasteiger partial charge in [0.15, 0.2) is 0 Å². The number of benzene rings is 1. The molecule has 1 aromatic carbocycles. The second-order valence-electron chi connectivity index (χ2n) is 5.63. The molecule has 0 amide bonds. The number of nitrogen functional groups attached to an aromatic ring is 1. The van der Waals surface area contributed by atoms with Crippen molar-refractivity contribution in [3.8, 4) is 0 Å². The van der Waals surface area contributed by atoms with Crippen LogP contribution in [0.3, 0.4) is 0 Å². The van der Waals surface area contributed by atoms with Gasteiger partial charge in [-0.3, -0.25) is 0 Å². The molecule has 0 spiro atoms. The number of carbonyl (C=O) groups excluding carboxylic acids is 1. The minimum Gasteiger partial charge on any atom is -0.462 e. The van der Waals surface area contributed by atoms with Gasteiger partial charge in [-0.2, -0.15) is 0 Å². The Balaban J connectivity index is 3.04. The predicted octanol–water partition coefficient (Wildman–Crippen LogP) is 3.32. The van der Waals surface area contributed by atoms with Gasteiger partial charge in [-0.05, 0) is 44.9 Å². The Morgan fingerprint density at radius 2 is 1.95 bits per heavy atom. The van der Waals surface area contributed by atoms with Crippen molar-refractivity contribution in [2.75, 3.05) is 23.8 Å². The van der Waals surface area contributed by atoms with Crippen molar-refractivity contribution in [1.29, 1.82) is 0 Å². The molecule has 1 aromatic rings. The molecule has 4 nitrogen and oxygen atoms in total. The normalized spacial score (nSPS) is 10.9. The van der Waals surface area contributed by atoms with Crippen LogP contribution in [0.4, 0.5) is 11.4 Å². The van der Waals surface area contributed by atoms with Gasteiger partial charge in [-0.1, -0.05) is 13.8 Å². The molecular weight excluding hydrogens is 252 g/mol. The lowest BCUT2D eigenvalue weighted by Gasteiger charge is -2.31. The van der Waals surface area contributed by atoms with Crippen LogP contribution in [0.25, 0.3) is 0 Å². The highest BCUT2D eigenvalue weighted by Crippen LogP contribution is 2.27. The lowest BCUT2D eigenvalue weighted by atomic mass is 10.1. The standard InChI is InChI=1S/C16H26N2O2/c1-6-20-16(19)13-7-8-15(14(17)9-13)18(12(4)5)10-11(2)3/h7-9,11-12H,6,10,17H2,1-5H3. The molecule has 0 saturated carbocycles. The Bertz CT molecular complexity index is 456. The van der Waals surface area contributed by atoms with Crippen molar-refractivity contribution in [3.63, 3.8) is 0 Å². The molecule has 4 heteroatoms. The monoisotopic (exact) mass is 278 g/mol. The molecule has 1 rings (SSSR count). The lowest BCUT2D eigenvalue weighted by Crippen LogP contribution is -2.34. The molecule has 0 fully saturated rings. The maximum atomic E-state index is 11.7. The van der Waals surface area contributed by atoms with Gasteiger partial charge in [0.2, 0.25) is 0 Å². The zero-order valence-corrected chi connectivity index (χ0v) is 13.1. The molecule has 112 valence electrons. The van der Waals surface area contributed by atoms with E-state index >= 15 is 0 Å². The van der Waals surface area contributed by atoms with Crippen molar-refractivity contribution >= 4 is 17.3 Å². The minimum absolute atomic E-state index is 0.328. The van der Waals surface area contributed by atoms with Gasteiger partial charge in [0.1, 0.15) is 0 Å². The van der Waals surface area contributed by atoms with Crippen LogP contribution in [-0.2, 0) is 4.74 Å². The van der Waals surface area contributed by atoms with Gasteiger partial charge < -0.3 is 15.4 Å². The summed E-state index contributed by atoms with van der Waals surface area (Å²) in [5, 5.41) is 0. The largest absolute Gasteiger partial charge is 0.462 e. The van der Waals surface area contributed by atoms with E-state index in [4.69, 9.17) is 10.5 Å². The van der Waals surface area contributed by atoms with E-state index in [9.17, 15) is 4.79 Å². The SMILES string of the molecule is CCOC(=O)c1ccc(N(CC(C)C)C(C)C)c(N)c1. The van der Waals surface area contributed by atoms with E-state index in [1.807, 2.05) is 6.07 Å². The zero-order valence-electron chi connectivity index (χ0n) is 13.1. The first-order chi connectivity index (χ1) is 9.36. The van der Waals surface area contributed by atoms with Gasteiger partial charge >= 0.3 is 5.97 Å². The van der Waals surface area contributed by atoms with Gasteiger partial charge in [0.05, 0.1) is 23.5 Å². The summed E-state index contributed by atoms with van der Waals surface area (Å²) in [6.45, 7) is 11.7. The van der Waals surface area contributed by atoms with E-state index in [1.165, 1.54) is 0 Å². The smallest absolute Gasteiger partial charge is 0.338 e. The molecule has 0 radical (unpaired) electrons. The average molecular weight is 278 g/mol. The first-order valence-corrected chi connectivity index (χ1v) is 7.20. The number of nitrogens with zero attached hydrogens (tertiary/aromatic N) is 1. The topological polar surface area (TPSA) is 55.6 Å². The van der Waals surface area contributed by atoms with E-state index in [-0.39, 0.29) is 5.97 Å². The number of ether oxygens (including phenoxy) is 1. The summed E-state index contributed by atoms with van der Waals surface area (Å²) >= 11 is 0. The molecule has 0 bridgehead atoms. The Labute approximate surface area is 121 Å². The minimum atomic E-state index is -0.328. The highest BCUT2D eigenvalue weighted by molar-refractivity contribution is 5.92. The zero-order chi connectivity index (χ0) is 15.3. The van der Waals surface area contributed by atoms with Crippen LogP contribution < -0.4 is 10.6 Å². The molecular formula is C16H26N2O2. The van der Waals surface area contributed by atoms with E-state index in [2.05, 4.69) is 32.6 Å². The summed E-state index contributed by atoms with van der Waals surface area (Å²) < 4.78 is 4.99. The quantitative estimate of drug-likeness (QED) is 0.640. The molecule has 0 atom stereocenters. The maximum absolute atomic E-state index is 11.7. The number of nitrogens with two attached hydrogens (primary N) is 1. The van der Waals surface area contributed by atoms with Crippen LogP contribution in [0.15, 0.2) is 18.2 Å². The molecule has 0 unspecified atom stereocenters. The molecule has 0 aliphatic carbocycles. The summed E-state index contributed by atoms with van der Waals surface area (Å²) in [5.74, 6) is 0.215. The summed E-state index contributed by atoms with van der Waals surface area (Å²) in [4.78, 5) is 14.0. The lowest BCUT2D eigenvalue weighted by molar-refractivity contribution is 0.0526. The van der Waals surface area contributed by atoms with E-state index in [1.54, 1.807) is 19.1 Å². The number of anilines is 2. The highest BCUT2D eigenvalue weighted by atomic mass is 16.5. The molecule has 0 saturated heterocycles. The van der Waals surface area contributed by atoms with E-state index in [0.29, 0.717) is 29.8 Å². The number of hydrogen-bond donors (Lipinski definition) is 1. The van der Waals surface area contributed by atoms with Gasteiger partial charge in [0, 0.05) is 12.6 Å². The Morgan fingerprint density at radius 3 is 2.40 bits per heavy atom. The van der Waals surface area contributed by atoms with Crippen molar-refractivity contribution in [3.05, 3.63) is 23.8 Å². The summed E-state index contributed by atoms with van der Waals surface area (Å²) in [6.07, 6.45) is 0. The number of esters is 1. The first kappa shape index (κ1) is 16.3. The van der Waals surface area contributed by atoms with Gasteiger partial charge in [-0.15, -0.1) is 0 Å². The Kier molecular flexibility index (Phi) is 5.86. The predicted molar refractivity (Wildman–Crippen MR) is 84.1 cm³/mol. The van der Waals surface area contributed by atoms with E-state index in [0.717, 1.165) is 12.2 Å². The van der Waals surface area contributed by atoms with Crippen LogP contribution >= 0.6 is 0 Å². The molecule has 0 aliphatic heterocycles. The maximum Gasteiger partial charge on any atom is 0.338 e. The van der Waals surface area contributed by atoms with Crippen molar-refractivity contribution in [2.45, 2.75) is 40.7 Å². The van der Waals surface area contributed by atoms with Crippen molar-refractivity contribution in [1.82, 2.24) is 0 Å². The van der Waals surface area contributed by atoms with Crippen LogP contribution in [0.2, 0.25) is 0 Å². The summed E-state index contributed by atoms with van der Waals surface area (Å²) in [6, 6.07) is 5.74. The first-order valence-electron chi connectivity index (χ1n) is 7.20. The second kappa shape index (κ2) is 7.17. The Hall–Kier alpha value is -1.71. The third kappa shape index (κ3) is 4.15. The average Bonchev–Trinajstić information content (AvgIpc) is 2.36. The van der Waals surface area contributed by atoms with Crippen LogP contribution in [0.1, 0.15) is 45.0 Å². The molecule has 0 aliphatic rings. The van der Waals surface area contributed by atoms with Gasteiger partial charge in [-0.25, -0.2) is 4.79 Å². The van der Waals surface area contributed by atoms with Gasteiger partial charge in [0.25, 0.3) is 0 Å². The molecule has 2 N–H and O–H groups in total. The fraction of sp³-hybridized carbons (Fsp3) is 0.562. The second-order valence-corrected chi connectivity index (χ2v) is 5.63. The van der Waals surface area contributed by atoms with Crippen LogP contribution in [-0.4, -0.2) is 25.2 Å². The van der Waals surface area contributed by atoms with Crippen molar-refractivity contribution < 1.29 is 9.53 Å². The van der Waals surface area contributed by atoms with Crippen molar-refractivity contribution in [2.24, 2.45) is 5.92 Å². The number of carbonyl (C=O) groups is 1. The third-order valence-corrected chi connectivity index (χ3v) is 3.03. The van der Waals surface area contributed by atoms with Crippen LogP contribution in [0.5, 0.6) is 0 Å². The number of rotatable bonds is 6. The highest BCUT2D eigenvalue weighted by Gasteiger charge is 2.16. The third-order valence-electron chi connectivity index (χ3n) is 3.03. The molecule has 0 heterocycles. The Morgan fingerprint density at radius 1 is 1.30 bits per heavy atom. The fourth-order valence-corrected chi connectivity index (χ4v) is 2.14. The van der Waals surface area contributed by atoms with Crippen LogP contribution in [0, 0.1) is 5.92 Å². The number of hydrogen-bond acceptors (Lipinski definition) is 4.